The maximum Gasteiger partial charge on any atom is 0.0636 e. The topological polar surface area (TPSA) is 38.5 Å². The average Bonchev–Trinajstić information content (AvgIpc) is 2.12. The highest BCUT2D eigenvalue weighted by Crippen LogP contribution is 2.27. The van der Waals surface area contributed by atoms with Crippen molar-refractivity contribution in [3.8, 4) is 0 Å². The zero-order valence-electron chi connectivity index (χ0n) is 9.11. The van der Waals surface area contributed by atoms with Gasteiger partial charge in [-0.15, -0.1) is 0 Å². The first-order valence-electron chi connectivity index (χ1n) is 5.81. The summed E-state index contributed by atoms with van der Waals surface area (Å²) in [5, 5.41) is 0. The number of hydrogen-bond acceptors (Lipinski definition) is 3. The molecule has 0 spiro atoms. The van der Waals surface area contributed by atoms with Crippen LogP contribution in [0.15, 0.2) is 0 Å². The van der Waals surface area contributed by atoms with Gasteiger partial charge in [-0.3, -0.25) is 4.90 Å². The van der Waals surface area contributed by atoms with Gasteiger partial charge in [0, 0.05) is 25.2 Å². The molecule has 2 fully saturated rings. The van der Waals surface area contributed by atoms with Gasteiger partial charge in [-0.1, -0.05) is 6.42 Å². The van der Waals surface area contributed by atoms with Crippen LogP contribution >= 0.6 is 0 Å². The van der Waals surface area contributed by atoms with E-state index in [2.05, 4.69) is 11.9 Å². The van der Waals surface area contributed by atoms with Crippen molar-refractivity contribution in [2.75, 3.05) is 26.8 Å². The fraction of sp³-hybridized carbons (Fsp3) is 1.00. The summed E-state index contributed by atoms with van der Waals surface area (Å²) in [5.41, 5.74) is 6.09. The molecule has 2 rings (SSSR count). The van der Waals surface area contributed by atoms with Crippen LogP contribution in [0.1, 0.15) is 25.7 Å². The van der Waals surface area contributed by atoms with Gasteiger partial charge in [0.1, 0.15) is 0 Å². The van der Waals surface area contributed by atoms with Crippen molar-refractivity contribution in [1.29, 1.82) is 0 Å². The molecule has 14 heavy (non-hydrogen) atoms. The van der Waals surface area contributed by atoms with Crippen molar-refractivity contribution in [2.45, 2.75) is 37.8 Å². The molecule has 1 saturated carbocycles. The SMILES string of the molecule is CN(CC1CCC1)C1COCCC1N. The van der Waals surface area contributed by atoms with Gasteiger partial charge in [-0.2, -0.15) is 0 Å². The maximum atomic E-state index is 6.09. The summed E-state index contributed by atoms with van der Waals surface area (Å²) >= 11 is 0. The molecule has 82 valence electrons. The third-order valence-corrected chi connectivity index (χ3v) is 3.72. The standard InChI is InChI=1S/C11H22N2O/c1-13(7-9-3-2-4-9)11-8-14-6-5-10(11)12/h9-11H,2-8,12H2,1H3. The van der Waals surface area contributed by atoms with Gasteiger partial charge < -0.3 is 10.5 Å². The highest BCUT2D eigenvalue weighted by Gasteiger charge is 2.28. The molecule has 0 radical (unpaired) electrons. The summed E-state index contributed by atoms with van der Waals surface area (Å²) in [7, 11) is 2.19. The van der Waals surface area contributed by atoms with E-state index in [-0.39, 0.29) is 0 Å². The molecule has 0 aromatic carbocycles. The summed E-state index contributed by atoms with van der Waals surface area (Å²) in [6, 6.07) is 0.762. The van der Waals surface area contributed by atoms with Gasteiger partial charge >= 0.3 is 0 Å². The zero-order valence-corrected chi connectivity index (χ0v) is 9.11. The third kappa shape index (κ3) is 2.27. The van der Waals surface area contributed by atoms with E-state index < -0.39 is 0 Å². The molecule has 2 atom stereocenters. The second kappa shape index (κ2) is 4.60. The number of likely N-dealkylation sites (N-methyl/N-ethyl adjacent to an activating group) is 1. The van der Waals surface area contributed by atoms with Gasteiger partial charge in [0.2, 0.25) is 0 Å². The molecule has 0 bridgehead atoms. The van der Waals surface area contributed by atoms with Gasteiger partial charge in [0.15, 0.2) is 0 Å². The predicted octanol–water partition coefficient (Wildman–Crippen LogP) is 0.835. The molecular formula is C11H22N2O. The molecule has 3 heteroatoms. The lowest BCUT2D eigenvalue weighted by molar-refractivity contribution is 0.00622. The first-order chi connectivity index (χ1) is 6.77. The Hall–Kier alpha value is -0.120. The van der Waals surface area contributed by atoms with Crippen molar-refractivity contribution in [2.24, 2.45) is 11.7 Å². The van der Waals surface area contributed by atoms with Gasteiger partial charge in [-0.05, 0) is 32.2 Å². The zero-order chi connectivity index (χ0) is 9.97. The third-order valence-electron chi connectivity index (χ3n) is 3.72. The predicted molar refractivity (Wildman–Crippen MR) is 57.2 cm³/mol. The van der Waals surface area contributed by atoms with Crippen molar-refractivity contribution in [3.05, 3.63) is 0 Å². The number of rotatable bonds is 3. The van der Waals surface area contributed by atoms with Crippen LogP contribution in [-0.4, -0.2) is 43.8 Å². The first kappa shape index (κ1) is 10.4. The fourth-order valence-corrected chi connectivity index (χ4v) is 2.41. The Morgan fingerprint density at radius 1 is 1.36 bits per heavy atom. The van der Waals surface area contributed by atoms with E-state index in [1.807, 2.05) is 0 Å². The van der Waals surface area contributed by atoms with E-state index in [0.29, 0.717) is 12.1 Å². The molecular weight excluding hydrogens is 176 g/mol. The Balaban J connectivity index is 1.79. The lowest BCUT2D eigenvalue weighted by Crippen LogP contribution is -2.53. The molecule has 2 N–H and O–H groups in total. The Bertz CT molecular complexity index is 182. The summed E-state index contributed by atoms with van der Waals surface area (Å²) in [4.78, 5) is 2.41. The van der Waals surface area contributed by atoms with Gasteiger partial charge in [0.25, 0.3) is 0 Å². The van der Waals surface area contributed by atoms with Crippen molar-refractivity contribution in [1.82, 2.24) is 4.90 Å². The summed E-state index contributed by atoms with van der Waals surface area (Å²) < 4.78 is 5.49. The minimum absolute atomic E-state index is 0.314. The van der Waals surface area contributed by atoms with Crippen LogP contribution in [0.25, 0.3) is 0 Å². The van der Waals surface area contributed by atoms with Gasteiger partial charge in [-0.25, -0.2) is 0 Å². The Labute approximate surface area is 86.6 Å². The molecule has 1 heterocycles. The smallest absolute Gasteiger partial charge is 0.0636 e. The second-order valence-corrected chi connectivity index (χ2v) is 4.83. The van der Waals surface area contributed by atoms with Crippen LogP contribution in [0.4, 0.5) is 0 Å². The number of nitrogens with zero attached hydrogens (tertiary/aromatic N) is 1. The summed E-state index contributed by atoms with van der Waals surface area (Å²) in [6.45, 7) is 2.88. The van der Waals surface area contributed by atoms with Crippen molar-refractivity contribution < 1.29 is 4.74 Å². The van der Waals surface area contributed by atoms with E-state index in [1.165, 1.54) is 25.8 Å². The van der Waals surface area contributed by atoms with E-state index in [1.54, 1.807) is 0 Å². The maximum absolute atomic E-state index is 6.09. The van der Waals surface area contributed by atoms with Crippen LogP contribution in [0.5, 0.6) is 0 Å². The molecule has 1 saturated heterocycles. The van der Waals surface area contributed by atoms with Crippen LogP contribution in [0.3, 0.4) is 0 Å². The Morgan fingerprint density at radius 2 is 2.14 bits per heavy atom. The fourth-order valence-electron chi connectivity index (χ4n) is 2.41. The highest BCUT2D eigenvalue weighted by molar-refractivity contribution is 4.85. The number of ether oxygens (including phenoxy) is 1. The lowest BCUT2D eigenvalue weighted by Gasteiger charge is -2.39. The highest BCUT2D eigenvalue weighted by atomic mass is 16.5. The molecule has 0 aromatic rings. The second-order valence-electron chi connectivity index (χ2n) is 4.83. The molecule has 3 nitrogen and oxygen atoms in total. The largest absolute Gasteiger partial charge is 0.380 e. The Morgan fingerprint density at radius 3 is 2.71 bits per heavy atom. The van der Waals surface area contributed by atoms with Crippen LogP contribution in [0, 0.1) is 5.92 Å². The van der Waals surface area contributed by atoms with Crippen LogP contribution in [-0.2, 0) is 4.74 Å². The van der Waals surface area contributed by atoms with Crippen molar-refractivity contribution in [3.63, 3.8) is 0 Å². The average molecular weight is 198 g/mol. The molecule has 1 aliphatic carbocycles. The normalized spacial score (nSPS) is 34.5. The number of hydrogen-bond donors (Lipinski definition) is 1. The molecule has 2 aliphatic rings. The van der Waals surface area contributed by atoms with E-state index in [9.17, 15) is 0 Å². The lowest BCUT2D eigenvalue weighted by atomic mass is 9.84. The molecule has 0 amide bonds. The molecule has 2 unspecified atom stereocenters. The summed E-state index contributed by atoms with van der Waals surface area (Å²) in [5.74, 6) is 0.925. The first-order valence-corrected chi connectivity index (χ1v) is 5.81. The van der Waals surface area contributed by atoms with Crippen molar-refractivity contribution >= 4 is 0 Å². The minimum atomic E-state index is 0.314. The van der Waals surface area contributed by atoms with E-state index >= 15 is 0 Å². The molecule has 1 aliphatic heterocycles. The minimum Gasteiger partial charge on any atom is -0.380 e. The van der Waals surface area contributed by atoms with E-state index in [4.69, 9.17) is 10.5 Å². The molecule has 0 aromatic heterocycles. The van der Waals surface area contributed by atoms with Gasteiger partial charge in [0.05, 0.1) is 6.61 Å². The quantitative estimate of drug-likeness (QED) is 0.730. The van der Waals surface area contributed by atoms with Crippen LogP contribution < -0.4 is 5.73 Å². The number of nitrogens with two attached hydrogens (primary N) is 1. The van der Waals surface area contributed by atoms with Crippen LogP contribution in [0.2, 0.25) is 0 Å². The monoisotopic (exact) mass is 198 g/mol. The Kier molecular flexibility index (Phi) is 3.42. The summed E-state index contributed by atoms with van der Waals surface area (Å²) in [6.07, 6.45) is 5.26. The van der Waals surface area contributed by atoms with E-state index in [0.717, 1.165) is 25.6 Å².